The van der Waals surface area contributed by atoms with Crippen LogP contribution >= 0.6 is 15.6 Å². The lowest BCUT2D eigenvalue weighted by Crippen LogP contribution is -2.30. The number of carbonyl (C=O) groups excluding carboxylic acids is 4. The fourth-order valence-electron chi connectivity index (χ4n) is 9.39. The number of carbonyl (C=O) groups is 4. The van der Waals surface area contributed by atoms with Gasteiger partial charge in [-0.05, 0) is 186 Å². The zero-order chi connectivity index (χ0) is 77.4. The lowest BCUT2D eigenvalue weighted by molar-refractivity contribution is -0.161. The molecule has 0 aliphatic rings. The summed E-state index contributed by atoms with van der Waals surface area (Å²) in [5.74, 6) is -2.36. The van der Waals surface area contributed by atoms with Crippen LogP contribution in [0.5, 0.6) is 0 Å². The van der Waals surface area contributed by atoms with Crippen LogP contribution in [0, 0.1) is 0 Å². The monoisotopic (exact) mass is 1510 g/mol. The van der Waals surface area contributed by atoms with E-state index in [0.717, 1.165) is 167 Å². The first-order valence-corrected chi connectivity index (χ1v) is 42.3. The normalized spacial score (nSPS) is 15.0. The van der Waals surface area contributed by atoms with Crippen LogP contribution in [0.25, 0.3) is 0 Å². The highest BCUT2D eigenvalue weighted by Gasteiger charge is 2.30. The van der Waals surface area contributed by atoms with E-state index >= 15 is 0 Å². The van der Waals surface area contributed by atoms with Gasteiger partial charge < -0.3 is 33.8 Å². The Morgan fingerprint density at radius 3 is 0.726 bits per heavy atom. The number of hydrogen-bond acceptors (Lipinski definition) is 15. The number of rotatable bonds is 71. The number of ether oxygens (including phenoxy) is 4. The van der Waals surface area contributed by atoms with Crippen molar-refractivity contribution in [3.8, 4) is 0 Å². The van der Waals surface area contributed by atoms with Gasteiger partial charge in [-0.1, -0.05) is 254 Å². The summed E-state index contributed by atoms with van der Waals surface area (Å²) in [5, 5.41) is 10.6. The van der Waals surface area contributed by atoms with E-state index in [2.05, 4.69) is 234 Å². The van der Waals surface area contributed by atoms with E-state index in [1.807, 2.05) is 0 Å². The van der Waals surface area contributed by atoms with Gasteiger partial charge in [0, 0.05) is 25.7 Å². The van der Waals surface area contributed by atoms with Crippen molar-refractivity contribution in [2.45, 2.75) is 277 Å². The number of unbranched alkanes of at least 4 members (excludes halogenated alkanes) is 11. The summed E-state index contributed by atoms with van der Waals surface area (Å²) in [5.41, 5.74) is 0. The molecule has 0 bridgehead atoms. The smallest absolute Gasteiger partial charge is 0.462 e. The Balaban J connectivity index is 5.51. The number of allylic oxidation sites excluding steroid dienone is 34. The maximum absolute atomic E-state index is 13.1. The first kappa shape index (κ1) is 99.6. The molecule has 3 N–H and O–H groups in total. The van der Waals surface area contributed by atoms with Gasteiger partial charge in [-0.25, -0.2) is 9.13 Å². The minimum absolute atomic E-state index is 0.0243. The summed E-state index contributed by atoms with van der Waals surface area (Å²) in [7, 11) is -10.0. The number of esters is 4. The molecular formula is C87H136O17P2. The average molecular weight is 1520 g/mol. The van der Waals surface area contributed by atoms with Gasteiger partial charge in [0.25, 0.3) is 0 Å². The van der Waals surface area contributed by atoms with Crippen LogP contribution < -0.4 is 0 Å². The molecule has 17 nitrogen and oxygen atoms in total. The van der Waals surface area contributed by atoms with Gasteiger partial charge >= 0.3 is 39.5 Å². The maximum atomic E-state index is 13.1. The van der Waals surface area contributed by atoms with Crippen molar-refractivity contribution in [2.24, 2.45) is 0 Å². The van der Waals surface area contributed by atoms with Gasteiger partial charge in [-0.15, -0.1) is 0 Å². The minimum Gasteiger partial charge on any atom is -0.462 e. The number of phosphoric ester groups is 2. The Hall–Kier alpha value is -6.36. The number of aliphatic hydroxyl groups is 1. The van der Waals surface area contributed by atoms with E-state index in [0.29, 0.717) is 38.5 Å². The van der Waals surface area contributed by atoms with Crippen LogP contribution in [0.15, 0.2) is 207 Å². The maximum Gasteiger partial charge on any atom is 0.472 e. The van der Waals surface area contributed by atoms with Crippen molar-refractivity contribution in [3.05, 3.63) is 207 Å². The van der Waals surface area contributed by atoms with E-state index in [-0.39, 0.29) is 25.7 Å². The van der Waals surface area contributed by atoms with Crippen LogP contribution in [-0.2, 0) is 65.4 Å². The van der Waals surface area contributed by atoms with Crippen molar-refractivity contribution in [3.63, 3.8) is 0 Å². The summed E-state index contributed by atoms with van der Waals surface area (Å²) in [6, 6.07) is 0. The Labute approximate surface area is 639 Å². The van der Waals surface area contributed by atoms with Gasteiger partial charge in [0.15, 0.2) is 12.2 Å². The molecule has 106 heavy (non-hydrogen) atoms. The topological polar surface area (TPSA) is 237 Å². The van der Waals surface area contributed by atoms with Gasteiger partial charge in [-0.3, -0.25) is 37.3 Å². The molecule has 0 fully saturated rings. The van der Waals surface area contributed by atoms with E-state index in [1.54, 1.807) is 0 Å². The Bertz CT molecular complexity index is 2830. The molecule has 0 amide bonds. The second kappa shape index (κ2) is 76.8. The molecule has 0 heterocycles. The first-order valence-electron chi connectivity index (χ1n) is 39.3. The van der Waals surface area contributed by atoms with Gasteiger partial charge in [0.05, 0.1) is 26.4 Å². The Kier molecular flexibility index (Phi) is 72.2. The predicted octanol–water partition coefficient (Wildman–Crippen LogP) is 23.1. The summed E-state index contributed by atoms with van der Waals surface area (Å²) >= 11 is 0. The van der Waals surface area contributed by atoms with Gasteiger partial charge in [-0.2, -0.15) is 0 Å². The SMILES string of the molecule is CC/C=C\C/C=C\C/C=C\C/C=C\C/C=C\CCCCCC(=O)OCC(COP(=O)(O)OCC(O)COP(=O)(O)OCC(COC(=O)CCCCCC/C=C\C/C=C\C/C=C\C/C=C\CC)OC(=O)CCCC/C=C\C/C=C\C/C=C\C/C=C\CC)OC(=O)CCCC/C=C\C/C=C\C/C=C\C/C=C\CC. The molecule has 0 aliphatic carbocycles. The second-order valence-electron chi connectivity index (χ2n) is 25.1. The molecular weight excluding hydrogens is 1380 g/mol. The molecule has 19 heteroatoms. The first-order chi connectivity index (χ1) is 51.7. The third-order valence-electron chi connectivity index (χ3n) is 15.2. The van der Waals surface area contributed by atoms with Crippen LogP contribution in [0.3, 0.4) is 0 Å². The summed E-state index contributed by atoms with van der Waals surface area (Å²) in [6.07, 6.45) is 95.3. The highest BCUT2D eigenvalue weighted by Crippen LogP contribution is 2.45. The standard InChI is InChI=1S/C87H136O17P2/c1-5-9-13-17-21-25-29-33-37-39-40-42-46-48-52-56-60-64-68-72-85(90)98-78-83(104-87(92)74-70-66-62-58-54-50-44-36-32-28-24-20-16-12-8-4)80-102-106(95,96)100-76-81(88)75-99-105(93,94)101-79-82(103-86(91)73-69-65-61-57-53-49-43-35-31-27-23-19-15-11-7-3)77-97-84(89)71-67-63-59-55-51-47-45-41-38-34-30-26-22-18-14-10-6-2/h9-16,21-28,33-38,40,42-45,47-48,52-54,57-58,81-83,88H,5-8,17-20,29-32,39,41,46,49-51,55-56,59-80H2,1-4H3,(H,93,94)(H,95,96)/b13-9-,14-10-,15-11-,16-12-,25-21-,26-22-,27-23-,28-24-,37-33-,38-34-,42-40-,43-35-,44-36-,47-45-,52-48-,57-53-,58-54-. The van der Waals surface area contributed by atoms with Crippen LogP contribution in [0.4, 0.5) is 0 Å². The zero-order valence-corrected chi connectivity index (χ0v) is 66.8. The molecule has 0 aromatic heterocycles. The molecule has 5 unspecified atom stereocenters. The molecule has 0 saturated heterocycles. The third kappa shape index (κ3) is 75.9. The van der Waals surface area contributed by atoms with E-state index < -0.39 is 97.5 Å². The Morgan fingerprint density at radius 2 is 0.462 bits per heavy atom. The summed E-state index contributed by atoms with van der Waals surface area (Å²) < 4.78 is 68.5. The largest absolute Gasteiger partial charge is 0.472 e. The molecule has 0 aliphatic heterocycles. The number of aliphatic hydroxyl groups excluding tert-OH is 1. The molecule has 0 radical (unpaired) electrons. The number of phosphoric acid groups is 2. The van der Waals surface area contributed by atoms with Crippen molar-refractivity contribution >= 4 is 39.5 Å². The molecule has 0 aromatic carbocycles. The fraction of sp³-hybridized carbons (Fsp3) is 0.563. The molecule has 596 valence electrons. The molecule has 0 saturated carbocycles. The molecule has 0 aromatic rings. The fourth-order valence-corrected chi connectivity index (χ4v) is 11.0. The van der Waals surface area contributed by atoms with Crippen LogP contribution in [0.2, 0.25) is 0 Å². The lowest BCUT2D eigenvalue weighted by atomic mass is 10.1. The minimum atomic E-state index is -5.01. The highest BCUT2D eigenvalue weighted by molar-refractivity contribution is 7.47. The summed E-state index contributed by atoms with van der Waals surface area (Å²) in [6.45, 7) is 4.21. The van der Waals surface area contributed by atoms with Crippen LogP contribution in [0.1, 0.15) is 259 Å². The van der Waals surface area contributed by atoms with Gasteiger partial charge in [0.1, 0.15) is 19.3 Å². The van der Waals surface area contributed by atoms with Crippen LogP contribution in [-0.4, -0.2) is 96.7 Å². The third-order valence-corrected chi connectivity index (χ3v) is 17.1. The second-order valence-corrected chi connectivity index (χ2v) is 28.0. The van der Waals surface area contributed by atoms with E-state index in [1.165, 1.54) is 0 Å². The predicted molar refractivity (Wildman–Crippen MR) is 435 cm³/mol. The van der Waals surface area contributed by atoms with Crippen molar-refractivity contribution in [1.82, 2.24) is 0 Å². The van der Waals surface area contributed by atoms with E-state index in [9.17, 15) is 43.2 Å². The zero-order valence-electron chi connectivity index (χ0n) is 65.0. The molecule has 0 spiro atoms. The highest BCUT2D eigenvalue weighted by atomic mass is 31.2. The van der Waals surface area contributed by atoms with Gasteiger partial charge in [0.2, 0.25) is 0 Å². The lowest BCUT2D eigenvalue weighted by Gasteiger charge is -2.21. The van der Waals surface area contributed by atoms with E-state index in [4.69, 9.17) is 37.0 Å². The van der Waals surface area contributed by atoms with Crippen molar-refractivity contribution in [1.29, 1.82) is 0 Å². The average Bonchev–Trinajstić information content (AvgIpc) is 0.909. The molecule has 0 rings (SSSR count). The number of hydrogen-bond donors (Lipinski definition) is 3. The van der Waals surface area contributed by atoms with Crippen molar-refractivity contribution < 1.29 is 80.2 Å². The summed E-state index contributed by atoms with van der Waals surface area (Å²) in [4.78, 5) is 73.0. The Morgan fingerprint density at radius 1 is 0.264 bits per heavy atom. The quantitative estimate of drug-likeness (QED) is 0.0169. The molecule has 5 atom stereocenters. The van der Waals surface area contributed by atoms with Crippen molar-refractivity contribution in [2.75, 3.05) is 39.6 Å².